The summed E-state index contributed by atoms with van der Waals surface area (Å²) in [7, 11) is 0. The molecule has 3 aromatic rings. The number of carbonyl (C=O) groups is 1. The number of fused-ring (bicyclic) bond motifs is 3. The number of ether oxygens (including phenoxy) is 2. The Kier molecular flexibility index (Phi) is 5.29. The summed E-state index contributed by atoms with van der Waals surface area (Å²) in [6, 6.07) is 10.8. The molecule has 0 saturated carbocycles. The number of H-pyrrole nitrogens is 1. The van der Waals surface area contributed by atoms with E-state index in [2.05, 4.69) is 15.0 Å². The van der Waals surface area contributed by atoms with Gasteiger partial charge in [-0.1, -0.05) is 12.1 Å². The van der Waals surface area contributed by atoms with Gasteiger partial charge in [-0.25, -0.2) is 0 Å². The molecule has 0 saturated heterocycles. The topological polar surface area (TPSA) is 83.6 Å². The van der Waals surface area contributed by atoms with Crippen LogP contribution >= 0.6 is 0 Å². The summed E-state index contributed by atoms with van der Waals surface area (Å²) in [6.45, 7) is 0.755. The number of alkyl halides is 3. The fourth-order valence-corrected chi connectivity index (χ4v) is 3.73. The van der Waals surface area contributed by atoms with Gasteiger partial charge < -0.3 is 24.9 Å². The molecule has 1 aliphatic rings. The summed E-state index contributed by atoms with van der Waals surface area (Å²) >= 11 is 0. The maximum absolute atomic E-state index is 12.4. The van der Waals surface area contributed by atoms with Crippen molar-refractivity contribution in [2.24, 2.45) is 0 Å². The molecule has 0 aliphatic carbocycles. The third-order valence-corrected chi connectivity index (χ3v) is 4.94. The molecule has 1 aromatic heterocycles. The van der Waals surface area contributed by atoms with E-state index in [1.54, 1.807) is 12.1 Å². The Bertz CT molecular complexity index is 1080. The van der Waals surface area contributed by atoms with Crippen LogP contribution in [-0.2, 0) is 17.8 Å². The number of hydrogen-bond acceptors (Lipinski definition) is 4. The summed E-state index contributed by atoms with van der Waals surface area (Å²) in [5.41, 5.74) is 3.35. The van der Waals surface area contributed by atoms with Crippen molar-refractivity contribution >= 4 is 16.9 Å². The number of aromatic nitrogens is 1. The Morgan fingerprint density at radius 2 is 2.00 bits per heavy atom. The standard InChI is InChI=1S/C21H19F3N2O4/c22-21(23,24)30-14-3-1-2-12(8-14)11-29-13-4-5-17-16(9-13)15-6-7-25-18(10-19(27)28)20(15)26-17/h1-5,8-9,18,25-26H,6-7,10-11H2,(H,27,28). The zero-order valence-electron chi connectivity index (χ0n) is 15.8. The number of nitrogens with one attached hydrogen (secondary N) is 2. The van der Waals surface area contributed by atoms with Gasteiger partial charge in [-0.2, -0.15) is 0 Å². The van der Waals surface area contributed by atoms with Crippen molar-refractivity contribution in [2.45, 2.75) is 31.9 Å². The number of benzene rings is 2. The molecular weight excluding hydrogens is 401 g/mol. The van der Waals surface area contributed by atoms with Crippen molar-refractivity contribution in [3.05, 3.63) is 59.3 Å². The van der Waals surface area contributed by atoms with Crippen LogP contribution in [0.15, 0.2) is 42.5 Å². The number of hydrogen-bond donors (Lipinski definition) is 3. The van der Waals surface area contributed by atoms with Crippen LogP contribution in [-0.4, -0.2) is 29.0 Å². The van der Waals surface area contributed by atoms with Crippen LogP contribution in [0.5, 0.6) is 11.5 Å². The van der Waals surface area contributed by atoms with Crippen LogP contribution in [0.4, 0.5) is 13.2 Å². The van der Waals surface area contributed by atoms with Gasteiger partial charge >= 0.3 is 12.3 Å². The molecule has 0 amide bonds. The lowest BCUT2D eigenvalue weighted by Gasteiger charge is -2.22. The van der Waals surface area contributed by atoms with E-state index in [-0.39, 0.29) is 24.8 Å². The lowest BCUT2D eigenvalue weighted by molar-refractivity contribution is -0.274. The average Bonchev–Trinajstić information content (AvgIpc) is 3.04. The third kappa shape index (κ3) is 4.51. The number of halogens is 3. The molecule has 3 N–H and O–H groups in total. The molecule has 1 atom stereocenters. The Hall–Kier alpha value is -3.20. The first-order valence-corrected chi connectivity index (χ1v) is 9.35. The van der Waals surface area contributed by atoms with Gasteiger partial charge in [0.1, 0.15) is 18.1 Å². The Balaban J connectivity index is 1.52. The van der Waals surface area contributed by atoms with Crippen LogP contribution in [0.1, 0.15) is 29.3 Å². The summed E-state index contributed by atoms with van der Waals surface area (Å²) in [5, 5.41) is 13.3. The maximum Gasteiger partial charge on any atom is 0.573 e. The second-order valence-electron chi connectivity index (χ2n) is 7.06. The monoisotopic (exact) mass is 420 g/mol. The molecule has 1 unspecified atom stereocenters. The van der Waals surface area contributed by atoms with Crippen molar-refractivity contribution in [1.29, 1.82) is 0 Å². The first-order valence-electron chi connectivity index (χ1n) is 9.35. The molecule has 4 rings (SSSR count). The van der Waals surface area contributed by atoms with E-state index in [4.69, 9.17) is 9.84 Å². The summed E-state index contributed by atoms with van der Waals surface area (Å²) in [6.07, 6.45) is -4.00. The van der Waals surface area contributed by atoms with Crippen molar-refractivity contribution in [3.8, 4) is 11.5 Å². The van der Waals surface area contributed by atoms with Gasteiger partial charge in [0.05, 0.1) is 12.5 Å². The quantitative estimate of drug-likeness (QED) is 0.554. The molecule has 2 aromatic carbocycles. The van der Waals surface area contributed by atoms with Crippen LogP contribution in [0.2, 0.25) is 0 Å². The second-order valence-corrected chi connectivity index (χ2v) is 7.06. The zero-order chi connectivity index (χ0) is 21.3. The third-order valence-electron chi connectivity index (χ3n) is 4.94. The summed E-state index contributed by atoms with van der Waals surface area (Å²) in [4.78, 5) is 14.4. The largest absolute Gasteiger partial charge is 0.573 e. The van der Waals surface area contributed by atoms with Gasteiger partial charge in [-0.15, -0.1) is 13.2 Å². The van der Waals surface area contributed by atoms with Crippen LogP contribution in [0.25, 0.3) is 10.9 Å². The predicted octanol–water partition coefficient (Wildman–Crippen LogP) is 4.31. The van der Waals surface area contributed by atoms with Crippen LogP contribution in [0.3, 0.4) is 0 Å². The molecule has 1 aliphatic heterocycles. The smallest absolute Gasteiger partial charge is 0.489 e. The summed E-state index contributed by atoms with van der Waals surface area (Å²) < 4.78 is 46.9. The molecule has 2 heterocycles. The number of aromatic amines is 1. The molecule has 30 heavy (non-hydrogen) atoms. The SMILES string of the molecule is O=C(O)CC1NCCc2c1[nH]c1ccc(OCc3cccc(OC(F)(F)F)c3)cc21. The van der Waals surface area contributed by atoms with Crippen molar-refractivity contribution in [3.63, 3.8) is 0 Å². The highest BCUT2D eigenvalue weighted by atomic mass is 19.4. The lowest BCUT2D eigenvalue weighted by atomic mass is 9.97. The van der Waals surface area contributed by atoms with E-state index in [0.29, 0.717) is 17.9 Å². The van der Waals surface area contributed by atoms with E-state index in [0.717, 1.165) is 28.6 Å². The van der Waals surface area contributed by atoms with E-state index in [1.165, 1.54) is 18.2 Å². The van der Waals surface area contributed by atoms with Gasteiger partial charge in [0.2, 0.25) is 0 Å². The van der Waals surface area contributed by atoms with E-state index in [9.17, 15) is 18.0 Å². The van der Waals surface area contributed by atoms with Gasteiger partial charge in [0, 0.05) is 16.6 Å². The molecule has 158 valence electrons. The molecule has 6 nitrogen and oxygen atoms in total. The van der Waals surface area contributed by atoms with Gasteiger partial charge in [0.15, 0.2) is 0 Å². The van der Waals surface area contributed by atoms with E-state index >= 15 is 0 Å². The predicted molar refractivity (Wildman–Crippen MR) is 102 cm³/mol. The minimum atomic E-state index is -4.74. The van der Waals surface area contributed by atoms with Gasteiger partial charge in [0.25, 0.3) is 0 Å². The Labute approximate surface area is 169 Å². The Morgan fingerprint density at radius 3 is 2.77 bits per heavy atom. The molecule has 9 heteroatoms. The normalized spacial score (nSPS) is 16.3. The Morgan fingerprint density at radius 1 is 1.17 bits per heavy atom. The number of rotatable bonds is 6. The maximum atomic E-state index is 12.4. The number of carboxylic acid groups (broad SMARTS) is 1. The molecule has 0 spiro atoms. The molecule has 0 radical (unpaired) electrons. The highest BCUT2D eigenvalue weighted by Gasteiger charge is 2.31. The second kappa shape index (κ2) is 7.91. The van der Waals surface area contributed by atoms with E-state index in [1.807, 2.05) is 12.1 Å². The van der Waals surface area contributed by atoms with Crippen molar-refractivity contribution in [1.82, 2.24) is 10.3 Å². The van der Waals surface area contributed by atoms with Crippen molar-refractivity contribution in [2.75, 3.05) is 6.54 Å². The van der Waals surface area contributed by atoms with Crippen LogP contribution in [0, 0.1) is 0 Å². The minimum absolute atomic E-state index is 0.0144. The fourth-order valence-electron chi connectivity index (χ4n) is 3.73. The first kappa shape index (κ1) is 20.1. The number of carboxylic acids is 1. The minimum Gasteiger partial charge on any atom is -0.489 e. The molecular formula is C21H19F3N2O4. The zero-order valence-corrected chi connectivity index (χ0v) is 15.8. The lowest BCUT2D eigenvalue weighted by Crippen LogP contribution is -2.31. The highest BCUT2D eigenvalue weighted by Crippen LogP contribution is 2.33. The number of aliphatic carboxylic acids is 1. The van der Waals surface area contributed by atoms with Gasteiger partial charge in [-0.3, -0.25) is 4.79 Å². The highest BCUT2D eigenvalue weighted by molar-refractivity contribution is 5.86. The van der Waals surface area contributed by atoms with E-state index < -0.39 is 12.3 Å². The fraction of sp³-hybridized carbons (Fsp3) is 0.286. The van der Waals surface area contributed by atoms with Gasteiger partial charge in [-0.05, 0) is 54.4 Å². The summed E-state index contributed by atoms with van der Waals surface area (Å²) in [5.74, 6) is -0.602. The molecule has 0 fully saturated rings. The van der Waals surface area contributed by atoms with Crippen LogP contribution < -0.4 is 14.8 Å². The molecule has 0 bridgehead atoms. The van der Waals surface area contributed by atoms with Crippen molar-refractivity contribution < 1.29 is 32.5 Å². The average molecular weight is 420 g/mol. The first-order chi connectivity index (χ1) is 14.3.